The fraction of sp³-hybridized carbons (Fsp3) is 0.625. The molecule has 6 atom stereocenters. The van der Waals surface area contributed by atoms with Crippen molar-refractivity contribution in [2.45, 2.75) is 58.5 Å². The highest BCUT2D eigenvalue weighted by Gasteiger charge is 2.68. The van der Waals surface area contributed by atoms with Crippen molar-refractivity contribution in [3.63, 3.8) is 0 Å². The number of carbonyl (C=O) groups is 3. The van der Waals surface area contributed by atoms with Crippen LogP contribution in [0.1, 0.15) is 52.9 Å². The van der Waals surface area contributed by atoms with E-state index in [1.165, 1.54) is 6.92 Å². The molecule has 0 saturated heterocycles. The number of hydrogen-bond donors (Lipinski definition) is 2. The first-order valence-corrected chi connectivity index (χ1v) is 10.7. The van der Waals surface area contributed by atoms with E-state index in [4.69, 9.17) is 4.74 Å². The van der Waals surface area contributed by atoms with Crippen LogP contribution in [0.2, 0.25) is 0 Å². The lowest BCUT2D eigenvalue weighted by molar-refractivity contribution is -0.173. The summed E-state index contributed by atoms with van der Waals surface area (Å²) < 4.78 is 5.31. The minimum Gasteiger partial charge on any atom is -0.479 e. The van der Waals surface area contributed by atoms with E-state index < -0.39 is 17.0 Å². The predicted octanol–water partition coefficient (Wildman–Crippen LogP) is 3.21. The molecular formula is C24H30O6. The number of ketones is 1. The van der Waals surface area contributed by atoms with Gasteiger partial charge in [0, 0.05) is 18.8 Å². The Hall–Kier alpha value is -2.21. The zero-order valence-electron chi connectivity index (χ0n) is 17.9. The second-order valence-electron chi connectivity index (χ2n) is 9.98. The fourth-order valence-corrected chi connectivity index (χ4v) is 6.92. The van der Waals surface area contributed by atoms with E-state index >= 15 is 0 Å². The number of carbonyl (C=O) groups excluding carboxylic acids is 2. The molecule has 4 rings (SSSR count). The summed E-state index contributed by atoms with van der Waals surface area (Å²) in [5.41, 5.74) is -0.842. The van der Waals surface area contributed by atoms with Crippen molar-refractivity contribution in [1.82, 2.24) is 0 Å². The Bertz CT molecular complexity index is 913. The number of aliphatic hydroxyl groups is 1. The number of fused-ring (bicyclic) bond motifs is 5. The van der Waals surface area contributed by atoms with Crippen molar-refractivity contribution >= 4 is 17.7 Å². The molecule has 0 amide bonds. The molecule has 30 heavy (non-hydrogen) atoms. The van der Waals surface area contributed by atoms with Crippen molar-refractivity contribution in [2.24, 2.45) is 28.6 Å². The molecule has 0 aromatic rings. The number of ether oxygens (including phenoxy) is 1. The van der Waals surface area contributed by atoms with Gasteiger partial charge < -0.3 is 14.9 Å². The zero-order chi connectivity index (χ0) is 22.1. The molecule has 2 fully saturated rings. The summed E-state index contributed by atoms with van der Waals surface area (Å²) in [5, 5.41) is 21.1. The molecule has 0 aromatic heterocycles. The summed E-state index contributed by atoms with van der Waals surface area (Å²) in [5.74, 6) is -1.34. The number of hydrogen-bond acceptors (Lipinski definition) is 5. The minimum atomic E-state index is -1.94. The van der Waals surface area contributed by atoms with E-state index in [0.717, 1.165) is 24.0 Å². The van der Waals surface area contributed by atoms with E-state index in [2.05, 4.69) is 19.6 Å². The van der Waals surface area contributed by atoms with Crippen LogP contribution < -0.4 is 0 Å². The maximum absolute atomic E-state index is 12.2. The first-order valence-electron chi connectivity index (χ1n) is 10.7. The van der Waals surface area contributed by atoms with Crippen LogP contribution in [-0.4, -0.2) is 40.1 Å². The highest BCUT2D eigenvalue weighted by atomic mass is 16.5. The molecule has 162 valence electrons. The molecule has 0 radical (unpaired) electrons. The number of aliphatic carboxylic acids is 1. The molecule has 2 saturated carbocycles. The van der Waals surface area contributed by atoms with Crippen molar-refractivity contribution in [2.75, 3.05) is 6.61 Å². The molecule has 6 heteroatoms. The molecule has 0 heterocycles. The number of carboxylic acids is 1. The molecule has 4 aliphatic carbocycles. The highest BCUT2D eigenvalue weighted by molar-refractivity contribution is 5.92. The Morgan fingerprint density at radius 1 is 1.27 bits per heavy atom. The number of carboxylic acid groups (broad SMARTS) is 1. The van der Waals surface area contributed by atoms with Crippen LogP contribution in [-0.2, 0) is 19.1 Å². The quantitative estimate of drug-likeness (QED) is 0.543. The Morgan fingerprint density at radius 2 is 1.97 bits per heavy atom. The molecule has 0 unspecified atom stereocenters. The van der Waals surface area contributed by atoms with Gasteiger partial charge in [0.2, 0.25) is 0 Å². The van der Waals surface area contributed by atoms with Crippen molar-refractivity contribution in [3.8, 4) is 0 Å². The Balaban J connectivity index is 1.83. The third-order valence-corrected chi connectivity index (χ3v) is 8.64. The Morgan fingerprint density at radius 3 is 2.60 bits per heavy atom. The maximum Gasteiger partial charge on any atom is 0.340 e. The standard InChI is InChI=1S/C24H30O6/c1-13-9-20-17-10-15(12-30-14(2)25)19-11-16(26)5-7-22(19,3)18(17)6-8-23(20,4)24(13,29)21(27)28/h10-11,17-18,20,29H,1,5-9,12H2,2-4H3,(H,27,28)/t17-,18+,20+,22-,23+,24+/m1/s1. The summed E-state index contributed by atoms with van der Waals surface area (Å²) in [4.78, 5) is 35.8. The lowest BCUT2D eigenvalue weighted by Crippen LogP contribution is -2.57. The fourth-order valence-electron chi connectivity index (χ4n) is 6.92. The lowest BCUT2D eigenvalue weighted by atomic mass is 9.47. The highest BCUT2D eigenvalue weighted by Crippen LogP contribution is 2.67. The monoisotopic (exact) mass is 414 g/mol. The third-order valence-electron chi connectivity index (χ3n) is 8.64. The summed E-state index contributed by atoms with van der Waals surface area (Å²) in [6.45, 7) is 9.46. The van der Waals surface area contributed by atoms with Crippen LogP contribution in [0.3, 0.4) is 0 Å². The summed E-state index contributed by atoms with van der Waals surface area (Å²) in [6.07, 6.45) is 6.81. The van der Waals surface area contributed by atoms with E-state index in [1.54, 1.807) is 6.08 Å². The van der Waals surface area contributed by atoms with Crippen molar-refractivity contribution in [3.05, 3.63) is 35.5 Å². The smallest absolute Gasteiger partial charge is 0.340 e. The van der Waals surface area contributed by atoms with Gasteiger partial charge in [-0.3, -0.25) is 9.59 Å². The van der Waals surface area contributed by atoms with Gasteiger partial charge in [-0.1, -0.05) is 26.5 Å². The summed E-state index contributed by atoms with van der Waals surface area (Å²) in [7, 11) is 0. The van der Waals surface area contributed by atoms with Gasteiger partial charge in [-0.05, 0) is 71.6 Å². The van der Waals surface area contributed by atoms with Crippen LogP contribution in [0.4, 0.5) is 0 Å². The van der Waals surface area contributed by atoms with Gasteiger partial charge in [-0.15, -0.1) is 0 Å². The van der Waals surface area contributed by atoms with Crippen LogP contribution in [0.25, 0.3) is 0 Å². The minimum absolute atomic E-state index is 0.0229. The Labute approximate surface area is 176 Å². The molecular weight excluding hydrogens is 384 g/mol. The van der Waals surface area contributed by atoms with Gasteiger partial charge in [0.1, 0.15) is 6.61 Å². The predicted molar refractivity (Wildman–Crippen MR) is 109 cm³/mol. The van der Waals surface area contributed by atoms with E-state index in [0.29, 0.717) is 24.8 Å². The van der Waals surface area contributed by atoms with Crippen LogP contribution in [0.15, 0.2) is 35.5 Å². The van der Waals surface area contributed by atoms with Gasteiger partial charge in [-0.2, -0.15) is 0 Å². The lowest BCUT2D eigenvalue weighted by Gasteiger charge is -2.57. The van der Waals surface area contributed by atoms with Crippen molar-refractivity contribution in [1.29, 1.82) is 0 Å². The molecule has 4 aliphatic rings. The second-order valence-corrected chi connectivity index (χ2v) is 9.98. The largest absolute Gasteiger partial charge is 0.479 e. The van der Waals surface area contributed by atoms with Crippen LogP contribution >= 0.6 is 0 Å². The number of allylic oxidation sites excluding steroid dienone is 2. The molecule has 2 N–H and O–H groups in total. The summed E-state index contributed by atoms with van der Waals surface area (Å²) >= 11 is 0. The molecule has 0 spiro atoms. The van der Waals surface area contributed by atoms with E-state index in [9.17, 15) is 24.6 Å². The number of esters is 1. The zero-order valence-corrected chi connectivity index (χ0v) is 17.9. The van der Waals surface area contributed by atoms with E-state index in [1.807, 2.05) is 6.92 Å². The molecule has 6 nitrogen and oxygen atoms in total. The SMILES string of the molecule is C=C1C[C@H]2[C@@H]3C=C(COC(C)=O)C4=CC(=O)CC[C@]4(C)[C@H]3CC[C@]2(C)[C@@]1(O)C(=O)O. The van der Waals surface area contributed by atoms with Crippen molar-refractivity contribution < 1.29 is 29.3 Å². The maximum atomic E-state index is 12.2. The molecule has 0 aliphatic heterocycles. The topological polar surface area (TPSA) is 101 Å². The third kappa shape index (κ3) is 2.62. The van der Waals surface area contributed by atoms with Crippen LogP contribution in [0, 0.1) is 28.6 Å². The van der Waals surface area contributed by atoms with Crippen LogP contribution in [0.5, 0.6) is 0 Å². The second kappa shape index (κ2) is 6.64. The average Bonchev–Trinajstić information content (AvgIpc) is 2.88. The van der Waals surface area contributed by atoms with Gasteiger partial charge in [-0.25, -0.2) is 4.79 Å². The summed E-state index contributed by atoms with van der Waals surface area (Å²) in [6, 6.07) is 0. The molecule has 0 aromatic carbocycles. The van der Waals surface area contributed by atoms with Gasteiger partial charge in [0.15, 0.2) is 11.4 Å². The number of rotatable bonds is 3. The Kier molecular flexibility index (Phi) is 4.66. The first kappa shape index (κ1) is 21.0. The first-order chi connectivity index (χ1) is 13.9. The van der Waals surface area contributed by atoms with Gasteiger partial charge in [0.25, 0.3) is 0 Å². The normalized spacial score (nSPS) is 42.5. The molecule has 0 bridgehead atoms. The van der Waals surface area contributed by atoms with Gasteiger partial charge >= 0.3 is 11.9 Å². The van der Waals surface area contributed by atoms with E-state index in [-0.39, 0.29) is 41.5 Å². The van der Waals surface area contributed by atoms with Gasteiger partial charge in [0.05, 0.1) is 0 Å². The average molecular weight is 414 g/mol.